The summed E-state index contributed by atoms with van der Waals surface area (Å²) in [5.41, 5.74) is 8.05. The smallest absolute Gasteiger partial charge is 0.337 e. The van der Waals surface area contributed by atoms with Crippen LogP contribution in [-0.4, -0.2) is 37.1 Å². The summed E-state index contributed by atoms with van der Waals surface area (Å²) in [6.07, 6.45) is 1.02. The lowest BCUT2D eigenvalue weighted by molar-refractivity contribution is 0.0600. The van der Waals surface area contributed by atoms with Gasteiger partial charge >= 0.3 is 5.97 Å². The van der Waals surface area contributed by atoms with Crippen molar-refractivity contribution in [3.8, 4) is 0 Å². The molecule has 0 bridgehead atoms. The number of rotatable bonds is 3. The Morgan fingerprint density at radius 2 is 2.19 bits per heavy atom. The third-order valence-corrected chi connectivity index (χ3v) is 4.15. The number of likely N-dealkylation sites (tertiary alicyclic amines) is 1. The first-order chi connectivity index (χ1) is 9.42. The molecule has 1 heterocycles. The quantitative estimate of drug-likeness (QED) is 0.871. The lowest BCUT2D eigenvalue weighted by Gasteiger charge is -2.42. The van der Waals surface area contributed by atoms with E-state index in [1.165, 1.54) is 7.11 Å². The van der Waals surface area contributed by atoms with E-state index in [0.717, 1.165) is 31.6 Å². The second kappa shape index (κ2) is 7.25. The molecule has 1 aliphatic rings. The summed E-state index contributed by atoms with van der Waals surface area (Å²) in [4.78, 5) is 14.0. The van der Waals surface area contributed by atoms with Crippen LogP contribution in [0.2, 0.25) is 0 Å². The Labute approximate surface area is 133 Å². The number of hydrogen-bond donors (Lipinski definition) is 1. The van der Waals surface area contributed by atoms with Crippen LogP contribution in [0.15, 0.2) is 24.3 Å². The fourth-order valence-electron chi connectivity index (χ4n) is 2.79. The second-order valence-corrected chi connectivity index (χ2v) is 6.29. The monoisotopic (exact) mass is 312 g/mol. The van der Waals surface area contributed by atoms with E-state index in [1.54, 1.807) is 6.07 Å². The molecular formula is C16H25ClN2O2. The fraction of sp³-hybridized carbons (Fsp3) is 0.562. The van der Waals surface area contributed by atoms with Crippen LogP contribution in [0.5, 0.6) is 0 Å². The fourth-order valence-corrected chi connectivity index (χ4v) is 2.79. The van der Waals surface area contributed by atoms with Crippen LogP contribution in [0.3, 0.4) is 0 Å². The van der Waals surface area contributed by atoms with Gasteiger partial charge in [0.25, 0.3) is 0 Å². The van der Waals surface area contributed by atoms with Crippen molar-refractivity contribution in [2.45, 2.75) is 32.9 Å². The molecule has 118 valence electrons. The molecule has 1 fully saturated rings. The van der Waals surface area contributed by atoms with Crippen LogP contribution in [-0.2, 0) is 11.3 Å². The molecule has 1 saturated heterocycles. The molecule has 0 aliphatic carbocycles. The molecular weight excluding hydrogens is 288 g/mol. The Morgan fingerprint density at radius 3 is 2.81 bits per heavy atom. The van der Waals surface area contributed by atoms with Gasteiger partial charge in [0, 0.05) is 25.7 Å². The van der Waals surface area contributed by atoms with E-state index in [9.17, 15) is 4.79 Å². The molecule has 0 saturated carbocycles. The summed E-state index contributed by atoms with van der Waals surface area (Å²) >= 11 is 0. The molecule has 1 aliphatic heterocycles. The summed E-state index contributed by atoms with van der Waals surface area (Å²) in [6, 6.07) is 7.91. The molecule has 21 heavy (non-hydrogen) atoms. The number of benzene rings is 1. The zero-order valence-corrected chi connectivity index (χ0v) is 13.8. The lowest BCUT2D eigenvalue weighted by atomic mass is 9.79. The van der Waals surface area contributed by atoms with Gasteiger partial charge in [0.05, 0.1) is 12.7 Å². The Bertz CT molecular complexity index is 491. The number of hydrogen-bond acceptors (Lipinski definition) is 4. The maximum atomic E-state index is 11.6. The SMILES string of the molecule is COC(=O)c1cccc(CN2CCC(N)C(C)(C)C2)c1.Cl. The van der Waals surface area contributed by atoms with E-state index in [4.69, 9.17) is 10.5 Å². The molecule has 1 aromatic carbocycles. The standard InChI is InChI=1S/C16H24N2O2.ClH/c1-16(2)11-18(8-7-14(16)17)10-12-5-4-6-13(9-12)15(19)20-3;/h4-6,9,14H,7-8,10-11,17H2,1-3H3;1H. The molecule has 1 aromatic rings. The third-order valence-electron chi connectivity index (χ3n) is 4.15. The number of nitrogens with zero attached hydrogens (tertiary/aromatic N) is 1. The van der Waals surface area contributed by atoms with E-state index in [-0.39, 0.29) is 29.8 Å². The van der Waals surface area contributed by atoms with Gasteiger partial charge in [0.1, 0.15) is 0 Å². The zero-order valence-electron chi connectivity index (χ0n) is 13.0. The summed E-state index contributed by atoms with van der Waals surface area (Å²) in [5, 5.41) is 0. The first-order valence-corrected chi connectivity index (χ1v) is 7.07. The van der Waals surface area contributed by atoms with Crippen molar-refractivity contribution in [2.75, 3.05) is 20.2 Å². The molecule has 0 radical (unpaired) electrons. The number of methoxy groups -OCH3 is 1. The van der Waals surface area contributed by atoms with Crippen LogP contribution in [0, 0.1) is 5.41 Å². The highest BCUT2D eigenvalue weighted by molar-refractivity contribution is 5.89. The van der Waals surface area contributed by atoms with Crippen LogP contribution in [0.25, 0.3) is 0 Å². The number of carbonyl (C=O) groups is 1. The first-order valence-electron chi connectivity index (χ1n) is 7.07. The lowest BCUT2D eigenvalue weighted by Crippen LogP contribution is -2.52. The van der Waals surface area contributed by atoms with Gasteiger partial charge < -0.3 is 10.5 Å². The summed E-state index contributed by atoms with van der Waals surface area (Å²) in [5.74, 6) is -0.284. The van der Waals surface area contributed by atoms with Gasteiger partial charge in [-0.15, -0.1) is 12.4 Å². The number of halogens is 1. The van der Waals surface area contributed by atoms with Crippen molar-refractivity contribution in [1.29, 1.82) is 0 Å². The highest BCUT2D eigenvalue weighted by Crippen LogP contribution is 2.28. The van der Waals surface area contributed by atoms with Crippen LogP contribution in [0.1, 0.15) is 36.2 Å². The number of piperidine rings is 1. The van der Waals surface area contributed by atoms with Crippen molar-refractivity contribution < 1.29 is 9.53 Å². The Morgan fingerprint density at radius 1 is 1.48 bits per heavy atom. The molecule has 2 rings (SSSR count). The van der Waals surface area contributed by atoms with Crippen molar-refractivity contribution >= 4 is 18.4 Å². The van der Waals surface area contributed by atoms with Crippen molar-refractivity contribution in [1.82, 2.24) is 4.90 Å². The van der Waals surface area contributed by atoms with Crippen LogP contribution in [0.4, 0.5) is 0 Å². The molecule has 5 heteroatoms. The highest BCUT2D eigenvalue weighted by atomic mass is 35.5. The van der Waals surface area contributed by atoms with Gasteiger partial charge in [-0.05, 0) is 29.5 Å². The minimum absolute atomic E-state index is 0. The van der Waals surface area contributed by atoms with Gasteiger partial charge in [-0.1, -0.05) is 26.0 Å². The Hall–Kier alpha value is -1.10. The Kier molecular flexibility index (Phi) is 6.20. The largest absolute Gasteiger partial charge is 0.465 e. The minimum Gasteiger partial charge on any atom is -0.465 e. The topological polar surface area (TPSA) is 55.6 Å². The molecule has 4 nitrogen and oxygen atoms in total. The van der Waals surface area contributed by atoms with E-state index in [2.05, 4.69) is 18.7 Å². The predicted octanol–water partition coefficient (Wildman–Crippen LogP) is 2.45. The average molecular weight is 313 g/mol. The number of esters is 1. The van der Waals surface area contributed by atoms with Gasteiger partial charge in [-0.25, -0.2) is 4.79 Å². The van der Waals surface area contributed by atoms with Crippen molar-refractivity contribution in [3.05, 3.63) is 35.4 Å². The minimum atomic E-state index is -0.284. The summed E-state index contributed by atoms with van der Waals surface area (Å²) in [6.45, 7) is 7.27. The summed E-state index contributed by atoms with van der Waals surface area (Å²) < 4.78 is 4.76. The average Bonchev–Trinajstić information content (AvgIpc) is 2.42. The molecule has 1 unspecified atom stereocenters. The van der Waals surface area contributed by atoms with E-state index < -0.39 is 0 Å². The number of carbonyl (C=O) groups excluding carboxylic acids is 1. The maximum Gasteiger partial charge on any atom is 0.337 e. The molecule has 1 atom stereocenters. The first kappa shape index (κ1) is 18.0. The Balaban J connectivity index is 0.00000220. The number of ether oxygens (including phenoxy) is 1. The molecule has 0 spiro atoms. The summed E-state index contributed by atoms with van der Waals surface area (Å²) in [7, 11) is 1.41. The van der Waals surface area contributed by atoms with Gasteiger partial charge in [0.2, 0.25) is 0 Å². The second-order valence-electron chi connectivity index (χ2n) is 6.29. The van der Waals surface area contributed by atoms with Crippen LogP contribution < -0.4 is 5.73 Å². The van der Waals surface area contributed by atoms with Gasteiger partial charge in [-0.3, -0.25) is 4.90 Å². The van der Waals surface area contributed by atoms with Crippen molar-refractivity contribution in [3.63, 3.8) is 0 Å². The predicted molar refractivity (Wildman–Crippen MR) is 86.7 cm³/mol. The van der Waals surface area contributed by atoms with Gasteiger partial charge in [-0.2, -0.15) is 0 Å². The van der Waals surface area contributed by atoms with Crippen molar-refractivity contribution in [2.24, 2.45) is 11.1 Å². The van der Waals surface area contributed by atoms with E-state index >= 15 is 0 Å². The van der Waals surface area contributed by atoms with E-state index in [0.29, 0.717) is 5.56 Å². The normalized spacial score (nSPS) is 21.4. The molecule has 0 amide bonds. The van der Waals surface area contributed by atoms with Gasteiger partial charge in [0.15, 0.2) is 0 Å². The highest BCUT2D eigenvalue weighted by Gasteiger charge is 2.33. The molecule has 0 aromatic heterocycles. The number of nitrogens with two attached hydrogens (primary N) is 1. The zero-order chi connectivity index (χ0) is 14.8. The maximum absolute atomic E-state index is 11.6. The van der Waals surface area contributed by atoms with Crippen LogP contribution >= 0.6 is 12.4 Å². The molecule has 2 N–H and O–H groups in total. The van der Waals surface area contributed by atoms with E-state index in [1.807, 2.05) is 18.2 Å². The third kappa shape index (κ3) is 4.43.